The SMILES string of the molecule is Cc1nn(-c2ccc(F)cc2)c(Cl)c1C(=O)N1CCOC(C)C1. The standard InChI is InChI=1S/C16H17ClFN3O2/c1-10-9-20(7-8-23-10)16(22)14-11(2)19-21(15(14)17)13-5-3-12(18)4-6-13/h3-6,10H,7-9H2,1-2H3. The van der Waals surface area contributed by atoms with E-state index in [1.165, 1.54) is 16.8 Å². The number of carbonyl (C=O) groups excluding carboxylic acids is 1. The molecule has 7 heteroatoms. The first kappa shape index (κ1) is 16.0. The minimum Gasteiger partial charge on any atom is -0.375 e. The van der Waals surface area contributed by atoms with E-state index in [1.54, 1.807) is 24.0 Å². The van der Waals surface area contributed by atoms with E-state index in [0.29, 0.717) is 36.6 Å². The molecule has 0 spiro atoms. The maximum atomic E-state index is 13.1. The van der Waals surface area contributed by atoms with Gasteiger partial charge in [0.15, 0.2) is 0 Å². The van der Waals surface area contributed by atoms with Gasteiger partial charge in [-0.25, -0.2) is 9.07 Å². The second kappa shape index (κ2) is 6.29. The molecule has 2 heterocycles. The van der Waals surface area contributed by atoms with Gasteiger partial charge in [-0.1, -0.05) is 11.6 Å². The van der Waals surface area contributed by atoms with E-state index < -0.39 is 0 Å². The van der Waals surface area contributed by atoms with Crippen molar-refractivity contribution in [3.05, 3.63) is 46.5 Å². The van der Waals surface area contributed by atoms with Gasteiger partial charge in [0.25, 0.3) is 5.91 Å². The summed E-state index contributed by atoms with van der Waals surface area (Å²) in [7, 11) is 0. The first-order valence-electron chi connectivity index (χ1n) is 7.39. The average molecular weight is 338 g/mol. The maximum absolute atomic E-state index is 13.1. The molecule has 23 heavy (non-hydrogen) atoms. The Bertz CT molecular complexity index is 730. The number of benzene rings is 1. The molecule has 5 nitrogen and oxygen atoms in total. The van der Waals surface area contributed by atoms with Crippen molar-refractivity contribution in [1.82, 2.24) is 14.7 Å². The Morgan fingerprint density at radius 3 is 2.74 bits per heavy atom. The summed E-state index contributed by atoms with van der Waals surface area (Å²) in [5.41, 5.74) is 1.53. The first-order chi connectivity index (χ1) is 11.0. The summed E-state index contributed by atoms with van der Waals surface area (Å²) < 4.78 is 20.0. The van der Waals surface area contributed by atoms with Crippen LogP contribution < -0.4 is 0 Å². The van der Waals surface area contributed by atoms with Crippen LogP contribution in [0.2, 0.25) is 5.15 Å². The third-order valence-corrected chi connectivity index (χ3v) is 4.17. The number of rotatable bonds is 2. The second-order valence-corrected chi connectivity index (χ2v) is 5.93. The largest absolute Gasteiger partial charge is 0.375 e. The van der Waals surface area contributed by atoms with Crippen LogP contribution in [0.4, 0.5) is 4.39 Å². The van der Waals surface area contributed by atoms with E-state index in [-0.39, 0.29) is 23.0 Å². The molecule has 1 aliphatic heterocycles. The van der Waals surface area contributed by atoms with Crippen LogP contribution in [0.3, 0.4) is 0 Å². The van der Waals surface area contributed by atoms with Crippen molar-refractivity contribution in [2.24, 2.45) is 0 Å². The smallest absolute Gasteiger partial charge is 0.259 e. The molecule has 1 atom stereocenters. The number of halogens is 2. The van der Waals surface area contributed by atoms with Crippen LogP contribution >= 0.6 is 11.6 Å². The van der Waals surface area contributed by atoms with Crippen LogP contribution in [0.25, 0.3) is 5.69 Å². The molecule has 1 aromatic heterocycles. The number of carbonyl (C=O) groups is 1. The van der Waals surface area contributed by atoms with E-state index >= 15 is 0 Å². The normalized spacial score (nSPS) is 18.3. The Hall–Kier alpha value is -1.92. The number of ether oxygens (including phenoxy) is 1. The van der Waals surface area contributed by atoms with Crippen molar-refractivity contribution in [3.8, 4) is 5.69 Å². The summed E-state index contributed by atoms with van der Waals surface area (Å²) in [6, 6.07) is 5.79. The number of morpholine rings is 1. The quantitative estimate of drug-likeness (QED) is 0.846. The predicted octanol–water partition coefficient (Wildman–Crippen LogP) is 2.83. The lowest BCUT2D eigenvalue weighted by atomic mass is 10.2. The molecular formula is C16H17ClFN3O2. The summed E-state index contributed by atoms with van der Waals surface area (Å²) in [6.07, 6.45) is -0.000995. The van der Waals surface area contributed by atoms with Crippen LogP contribution in [0, 0.1) is 12.7 Å². The van der Waals surface area contributed by atoms with E-state index in [4.69, 9.17) is 16.3 Å². The fourth-order valence-corrected chi connectivity index (χ4v) is 3.01. The molecule has 0 aliphatic carbocycles. The molecule has 2 aromatic rings. The monoisotopic (exact) mass is 337 g/mol. The van der Waals surface area contributed by atoms with Crippen molar-refractivity contribution >= 4 is 17.5 Å². The Morgan fingerprint density at radius 2 is 2.09 bits per heavy atom. The zero-order chi connectivity index (χ0) is 16.6. The van der Waals surface area contributed by atoms with Gasteiger partial charge in [0.2, 0.25) is 0 Å². The zero-order valence-electron chi connectivity index (χ0n) is 12.9. The van der Waals surface area contributed by atoms with Gasteiger partial charge in [-0.3, -0.25) is 4.79 Å². The molecule has 1 saturated heterocycles. The number of hydrogen-bond acceptors (Lipinski definition) is 3. The van der Waals surface area contributed by atoms with Gasteiger partial charge in [-0.05, 0) is 38.1 Å². The summed E-state index contributed by atoms with van der Waals surface area (Å²) in [5, 5.41) is 4.56. The number of aromatic nitrogens is 2. The third kappa shape index (κ3) is 3.09. The van der Waals surface area contributed by atoms with Gasteiger partial charge >= 0.3 is 0 Å². The highest BCUT2D eigenvalue weighted by Gasteiger charge is 2.28. The lowest BCUT2D eigenvalue weighted by Gasteiger charge is -2.31. The minimum atomic E-state index is -0.340. The van der Waals surface area contributed by atoms with Crippen molar-refractivity contribution in [1.29, 1.82) is 0 Å². The van der Waals surface area contributed by atoms with Gasteiger partial charge in [-0.15, -0.1) is 0 Å². The fourth-order valence-electron chi connectivity index (χ4n) is 2.66. The van der Waals surface area contributed by atoms with Crippen molar-refractivity contribution < 1.29 is 13.9 Å². The second-order valence-electron chi connectivity index (χ2n) is 5.57. The lowest BCUT2D eigenvalue weighted by Crippen LogP contribution is -2.44. The predicted molar refractivity (Wildman–Crippen MR) is 84.6 cm³/mol. The summed E-state index contributed by atoms with van der Waals surface area (Å²) in [5.74, 6) is -0.497. The van der Waals surface area contributed by atoms with Crippen LogP contribution in [-0.4, -0.2) is 46.4 Å². The number of aryl methyl sites for hydroxylation is 1. The molecule has 1 aliphatic rings. The summed E-state index contributed by atoms with van der Waals surface area (Å²) in [4.78, 5) is 14.5. The fraction of sp³-hybridized carbons (Fsp3) is 0.375. The molecule has 0 saturated carbocycles. The Kier molecular flexibility index (Phi) is 4.37. The summed E-state index contributed by atoms with van der Waals surface area (Å²) in [6.45, 7) is 5.23. The molecule has 3 rings (SSSR count). The number of amides is 1. The van der Waals surface area contributed by atoms with Gasteiger partial charge in [0.1, 0.15) is 11.0 Å². The van der Waals surface area contributed by atoms with E-state index in [1.807, 2.05) is 6.92 Å². The number of nitrogens with zero attached hydrogens (tertiary/aromatic N) is 3. The molecule has 0 N–H and O–H groups in total. The molecule has 0 bridgehead atoms. The molecule has 1 fully saturated rings. The maximum Gasteiger partial charge on any atom is 0.259 e. The van der Waals surface area contributed by atoms with Crippen LogP contribution in [0.1, 0.15) is 23.0 Å². The van der Waals surface area contributed by atoms with E-state index in [9.17, 15) is 9.18 Å². The van der Waals surface area contributed by atoms with Crippen LogP contribution in [-0.2, 0) is 4.74 Å². The molecular weight excluding hydrogens is 321 g/mol. The Morgan fingerprint density at radius 1 is 1.39 bits per heavy atom. The first-order valence-corrected chi connectivity index (χ1v) is 7.77. The van der Waals surface area contributed by atoms with Crippen molar-refractivity contribution in [2.45, 2.75) is 20.0 Å². The average Bonchev–Trinajstić information content (AvgIpc) is 2.82. The third-order valence-electron chi connectivity index (χ3n) is 3.82. The van der Waals surface area contributed by atoms with Crippen molar-refractivity contribution in [2.75, 3.05) is 19.7 Å². The van der Waals surface area contributed by atoms with Crippen LogP contribution in [0.5, 0.6) is 0 Å². The van der Waals surface area contributed by atoms with Gasteiger partial charge in [-0.2, -0.15) is 5.10 Å². The topological polar surface area (TPSA) is 47.4 Å². The number of hydrogen-bond donors (Lipinski definition) is 0. The Labute approximate surface area is 138 Å². The molecule has 1 aromatic carbocycles. The van der Waals surface area contributed by atoms with Gasteiger partial charge in [0, 0.05) is 13.1 Å². The Balaban J connectivity index is 1.94. The van der Waals surface area contributed by atoms with Crippen molar-refractivity contribution in [3.63, 3.8) is 0 Å². The van der Waals surface area contributed by atoms with Crippen LogP contribution in [0.15, 0.2) is 24.3 Å². The molecule has 0 radical (unpaired) electrons. The van der Waals surface area contributed by atoms with E-state index in [0.717, 1.165) is 0 Å². The summed E-state index contributed by atoms with van der Waals surface area (Å²) >= 11 is 6.38. The minimum absolute atomic E-state index is 0.000995. The molecule has 122 valence electrons. The van der Waals surface area contributed by atoms with E-state index in [2.05, 4.69) is 5.10 Å². The molecule has 1 amide bonds. The lowest BCUT2D eigenvalue weighted by molar-refractivity contribution is -0.0124. The highest BCUT2D eigenvalue weighted by Crippen LogP contribution is 2.25. The van der Waals surface area contributed by atoms with Gasteiger partial charge in [0.05, 0.1) is 29.7 Å². The van der Waals surface area contributed by atoms with Gasteiger partial charge < -0.3 is 9.64 Å². The highest BCUT2D eigenvalue weighted by molar-refractivity contribution is 6.33. The highest BCUT2D eigenvalue weighted by atomic mass is 35.5. The zero-order valence-corrected chi connectivity index (χ0v) is 13.7. The molecule has 1 unspecified atom stereocenters.